The van der Waals surface area contributed by atoms with Gasteiger partial charge < -0.3 is 15.7 Å². The van der Waals surface area contributed by atoms with Crippen molar-refractivity contribution in [1.29, 1.82) is 0 Å². The predicted molar refractivity (Wildman–Crippen MR) is 61.8 cm³/mol. The van der Waals surface area contributed by atoms with Crippen molar-refractivity contribution in [2.24, 2.45) is 11.7 Å². The highest BCUT2D eigenvalue weighted by molar-refractivity contribution is 5.81. The lowest BCUT2D eigenvalue weighted by Gasteiger charge is -2.47. The largest absolute Gasteiger partial charge is 0.386 e. The van der Waals surface area contributed by atoms with Crippen LogP contribution in [0, 0.1) is 5.92 Å². The Morgan fingerprint density at radius 2 is 2.19 bits per heavy atom. The number of carbonyl (C=O) groups is 1. The van der Waals surface area contributed by atoms with E-state index in [1.54, 1.807) is 4.90 Å². The van der Waals surface area contributed by atoms with Crippen LogP contribution in [-0.4, -0.2) is 40.6 Å². The smallest absolute Gasteiger partial charge is 0.227 e. The monoisotopic (exact) mass is 226 g/mol. The van der Waals surface area contributed by atoms with Crippen molar-refractivity contribution in [2.75, 3.05) is 13.1 Å². The maximum absolute atomic E-state index is 12.1. The average molecular weight is 226 g/mol. The van der Waals surface area contributed by atoms with Gasteiger partial charge in [0.25, 0.3) is 0 Å². The molecule has 0 radical (unpaired) electrons. The minimum Gasteiger partial charge on any atom is -0.386 e. The van der Waals surface area contributed by atoms with E-state index in [0.717, 1.165) is 32.1 Å². The number of hydrogen-bond donors (Lipinski definition) is 2. The standard InChI is InChI=1S/C12H22N2O2/c1-2-6-12(16)7-14(8-12)11(15)9-4-3-5-10(9)13/h9-10,16H,2-8,13H2,1H3. The third kappa shape index (κ3) is 2.09. The van der Waals surface area contributed by atoms with Crippen LogP contribution in [0.4, 0.5) is 0 Å². The molecule has 1 saturated carbocycles. The summed E-state index contributed by atoms with van der Waals surface area (Å²) >= 11 is 0. The van der Waals surface area contributed by atoms with Gasteiger partial charge in [-0.1, -0.05) is 19.8 Å². The molecule has 1 amide bonds. The lowest BCUT2D eigenvalue weighted by atomic mass is 9.87. The van der Waals surface area contributed by atoms with E-state index in [1.165, 1.54) is 0 Å². The first-order valence-electron chi connectivity index (χ1n) is 6.32. The van der Waals surface area contributed by atoms with E-state index in [4.69, 9.17) is 5.73 Å². The summed E-state index contributed by atoms with van der Waals surface area (Å²) < 4.78 is 0. The van der Waals surface area contributed by atoms with Crippen molar-refractivity contribution in [3.05, 3.63) is 0 Å². The van der Waals surface area contributed by atoms with Crippen LogP contribution in [0.3, 0.4) is 0 Å². The van der Waals surface area contributed by atoms with Crippen molar-refractivity contribution in [3.8, 4) is 0 Å². The van der Waals surface area contributed by atoms with Gasteiger partial charge in [-0.05, 0) is 19.3 Å². The molecule has 4 nitrogen and oxygen atoms in total. The van der Waals surface area contributed by atoms with Crippen LogP contribution in [-0.2, 0) is 4.79 Å². The molecule has 1 saturated heterocycles. The van der Waals surface area contributed by atoms with E-state index in [0.29, 0.717) is 13.1 Å². The molecule has 4 heteroatoms. The Morgan fingerprint density at radius 1 is 1.50 bits per heavy atom. The van der Waals surface area contributed by atoms with Crippen molar-refractivity contribution in [3.63, 3.8) is 0 Å². The highest BCUT2D eigenvalue weighted by atomic mass is 16.3. The number of rotatable bonds is 3. The molecule has 0 aromatic heterocycles. The van der Waals surface area contributed by atoms with Crippen LogP contribution in [0.5, 0.6) is 0 Å². The highest BCUT2D eigenvalue weighted by Gasteiger charge is 2.45. The minimum absolute atomic E-state index is 0.00572. The SMILES string of the molecule is CCCC1(O)CN(C(=O)C2CCCC2N)C1. The van der Waals surface area contributed by atoms with Crippen LogP contribution in [0.1, 0.15) is 39.0 Å². The van der Waals surface area contributed by atoms with Gasteiger partial charge in [-0.2, -0.15) is 0 Å². The van der Waals surface area contributed by atoms with Crippen LogP contribution < -0.4 is 5.73 Å². The van der Waals surface area contributed by atoms with E-state index in [-0.39, 0.29) is 17.9 Å². The molecule has 2 rings (SSSR count). The zero-order valence-corrected chi connectivity index (χ0v) is 9.98. The minimum atomic E-state index is -0.618. The predicted octanol–water partition coefficient (Wildman–Crippen LogP) is 0.487. The van der Waals surface area contributed by atoms with E-state index < -0.39 is 5.60 Å². The van der Waals surface area contributed by atoms with Gasteiger partial charge in [-0.25, -0.2) is 0 Å². The van der Waals surface area contributed by atoms with Crippen molar-refractivity contribution < 1.29 is 9.90 Å². The summed E-state index contributed by atoms with van der Waals surface area (Å²) in [5, 5.41) is 10.0. The quantitative estimate of drug-likeness (QED) is 0.736. The van der Waals surface area contributed by atoms with Crippen molar-refractivity contribution >= 4 is 5.91 Å². The molecule has 2 unspecified atom stereocenters. The molecule has 1 heterocycles. The van der Waals surface area contributed by atoms with Crippen LogP contribution in [0.25, 0.3) is 0 Å². The molecule has 1 aliphatic carbocycles. The maximum Gasteiger partial charge on any atom is 0.227 e. The number of nitrogens with two attached hydrogens (primary N) is 1. The Morgan fingerprint density at radius 3 is 2.69 bits per heavy atom. The molecule has 0 aromatic carbocycles. The molecule has 92 valence electrons. The Balaban J connectivity index is 1.85. The molecule has 2 fully saturated rings. The summed E-state index contributed by atoms with van der Waals surface area (Å²) in [6, 6.07) is 0.0346. The fourth-order valence-corrected chi connectivity index (χ4v) is 2.97. The van der Waals surface area contributed by atoms with Crippen molar-refractivity contribution in [2.45, 2.75) is 50.7 Å². The summed E-state index contributed by atoms with van der Waals surface area (Å²) in [5.74, 6) is 0.164. The number of aliphatic hydroxyl groups is 1. The molecule has 2 aliphatic rings. The lowest BCUT2D eigenvalue weighted by Crippen LogP contribution is -2.65. The average Bonchev–Trinajstić information content (AvgIpc) is 2.60. The zero-order valence-electron chi connectivity index (χ0n) is 9.98. The molecule has 0 aromatic rings. The Kier molecular flexibility index (Phi) is 3.22. The summed E-state index contributed by atoms with van der Waals surface area (Å²) in [5.41, 5.74) is 5.29. The lowest BCUT2D eigenvalue weighted by molar-refractivity contribution is -0.160. The Hall–Kier alpha value is -0.610. The van der Waals surface area contributed by atoms with Gasteiger partial charge in [0, 0.05) is 6.04 Å². The number of likely N-dealkylation sites (tertiary alicyclic amines) is 1. The molecule has 1 aliphatic heterocycles. The van der Waals surface area contributed by atoms with Gasteiger partial charge >= 0.3 is 0 Å². The number of amides is 1. The second-order valence-electron chi connectivity index (χ2n) is 5.37. The normalized spacial score (nSPS) is 32.6. The van der Waals surface area contributed by atoms with Gasteiger partial charge in [0.1, 0.15) is 0 Å². The fourth-order valence-electron chi connectivity index (χ4n) is 2.97. The topological polar surface area (TPSA) is 66.6 Å². The molecule has 0 bridgehead atoms. The van der Waals surface area contributed by atoms with E-state index >= 15 is 0 Å². The summed E-state index contributed by atoms with van der Waals surface area (Å²) in [7, 11) is 0. The fraction of sp³-hybridized carbons (Fsp3) is 0.917. The number of hydrogen-bond acceptors (Lipinski definition) is 3. The molecular weight excluding hydrogens is 204 g/mol. The summed E-state index contributed by atoms with van der Waals surface area (Å²) in [4.78, 5) is 13.8. The maximum atomic E-state index is 12.1. The van der Waals surface area contributed by atoms with E-state index in [2.05, 4.69) is 6.92 Å². The second-order valence-corrected chi connectivity index (χ2v) is 5.37. The van der Waals surface area contributed by atoms with Gasteiger partial charge in [0.15, 0.2) is 0 Å². The first-order chi connectivity index (χ1) is 7.56. The molecular formula is C12H22N2O2. The molecule has 0 spiro atoms. The number of nitrogens with zero attached hydrogens (tertiary/aromatic N) is 1. The van der Waals surface area contributed by atoms with E-state index in [1.807, 2.05) is 0 Å². The highest BCUT2D eigenvalue weighted by Crippen LogP contribution is 2.31. The van der Waals surface area contributed by atoms with Gasteiger partial charge in [-0.3, -0.25) is 4.79 Å². The zero-order chi connectivity index (χ0) is 11.8. The number of carbonyl (C=O) groups excluding carboxylic acids is 1. The molecule has 3 N–H and O–H groups in total. The van der Waals surface area contributed by atoms with E-state index in [9.17, 15) is 9.90 Å². The summed E-state index contributed by atoms with van der Waals surface area (Å²) in [6.07, 6.45) is 4.69. The third-order valence-electron chi connectivity index (χ3n) is 3.88. The van der Waals surface area contributed by atoms with Crippen LogP contribution in [0.2, 0.25) is 0 Å². The molecule has 2 atom stereocenters. The van der Waals surface area contributed by atoms with Crippen LogP contribution >= 0.6 is 0 Å². The van der Waals surface area contributed by atoms with Gasteiger partial charge in [-0.15, -0.1) is 0 Å². The van der Waals surface area contributed by atoms with Gasteiger partial charge in [0.05, 0.1) is 24.6 Å². The number of β-amino-alcohol motifs (C(OH)–C–C–N with tert-alkyl or cyclic N) is 1. The van der Waals surface area contributed by atoms with Gasteiger partial charge in [0.2, 0.25) is 5.91 Å². The first-order valence-corrected chi connectivity index (χ1v) is 6.32. The first kappa shape index (κ1) is 11.9. The summed E-state index contributed by atoms with van der Waals surface area (Å²) in [6.45, 7) is 3.06. The third-order valence-corrected chi connectivity index (χ3v) is 3.88. The Labute approximate surface area is 96.8 Å². The second kappa shape index (κ2) is 4.34. The van der Waals surface area contributed by atoms with Crippen molar-refractivity contribution in [1.82, 2.24) is 4.90 Å². The Bertz CT molecular complexity index is 274. The molecule has 16 heavy (non-hydrogen) atoms. The van der Waals surface area contributed by atoms with Crippen LogP contribution in [0.15, 0.2) is 0 Å².